The molecule has 1 amide bonds. The van der Waals surface area contributed by atoms with Crippen molar-refractivity contribution in [1.82, 2.24) is 4.90 Å². The normalized spacial score (nSPS) is 13.3. The van der Waals surface area contributed by atoms with E-state index in [0.717, 1.165) is 48.5 Å². The number of nitrogens with zero attached hydrogens (tertiary/aromatic N) is 2. The molecule has 0 saturated heterocycles. The number of carbonyl (C=O) groups excluding carboxylic acids is 1. The van der Waals surface area contributed by atoms with Crippen molar-refractivity contribution in [3.05, 3.63) is 107 Å². The highest BCUT2D eigenvalue weighted by atomic mass is 32.2. The Kier molecular flexibility index (Phi) is 15.2. The number of fused-ring (bicyclic) bond motifs is 2. The van der Waals surface area contributed by atoms with Gasteiger partial charge in [-0.1, -0.05) is 30.3 Å². The third-order valence-corrected chi connectivity index (χ3v) is 16.3. The van der Waals surface area contributed by atoms with Crippen molar-refractivity contribution in [3.63, 3.8) is 0 Å². The lowest BCUT2D eigenvalue weighted by Gasteiger charge is -2.24. The predicted octanol–water partition coefficient (Wildman–Crippen LogP) is 1.81. The Hall–Kier alpha value is -6.32. The predicted molar refractivity (Wildman–Crippen MR) is 247 cm³/mol. The Morgan fingerprint density at radius 2 is 1.14 bits per heavy atom. The van der Waals surface area contributed by atoms with Crippen molar-refractivity contribution in [2.24, 2.45) is 4.99 Å². The molecular formula is C38H33N3O25S7. The van der Waals surface area contributed by atoms with Gasteiger partial charge in [-0.2, -0.15) is 58.9 Å². The molecule has 0 fully saturated rings. The van der Waals surface area contributed by atoms with Crippen LogP contribution in [0, 0.1) is 0 Å². The van der Waals surface area contributed by atoms with Gasteiger partial charge < -0.3 is 19.7 Å². The maximum absolute atomic E-state index is 14.3. The standard InChI is InChI=1S/C38H33N3O25S7/c42-32(43)19-41(13-14-67(45,46)47)38(44)25-4-2-1-3-24(25)33-26-9-11-28(39-17-20-5-7-22(68(48,49)50)15-30(20)70(54,55)56)36(72(60,61)62)34(26)66-35-27(33)10-12-29(37(35)73(63,64)65)40-18-21-6-8-23(69(51,52)53)16-31(21)71(57,58)59/h1-12,15-16,39H,13-14,17-19H2,(H,42,43)(H,45,46,47)(H,48,49,50)(H,51,52,53)(H,54,55,56)(H,57,58,59)(H,60,61,62)(H,63,64,65). The third kappa shape index (κ3) is 12.7. The minimum Gasteiger partial charge on any atom is -0.480 e. The number of carbonyl (C=O) groups is 2. The number of aliphatic carboxylic acids is 1. The molecule has 9 N–H and O–H groups in total. The molecular weight excluding hydrogens is 1120 g/mol. The molecule has 1 aliphatic carbocycles. The molecule has 0 spiro atoms. The van der Waals surface area contributed by atoms with E-state index in [1.54, 1.807) is 0 Å². The number of rotatable bonds is 18. The quantitative estimate of drug-likeness (QED) is 0.0438. The van der Waals surface area contributed by atoms with Crippen LogP contribution in [0.25, 0.3) is 33.4 Å². The smallest absolute Gasteiger partial charge is 0.323 e. The van der Waals surface area contributed by atoms with E-state index in [9.17, 15) is 105 Å². The van der Waals surface area contributed by atoms with Gasteiger partial charge in [0.25, 0.3) is 76.7 Å². The summed E-state index contributed by atoms with van der Waals surface area (Å²) in [6, 6.07) is 12.0. The van der Waals surface area contributed by atoms with Crippen molar-refractivity contribution < 1.29 is 110 Å². The SMILES string of the molecule is O=C(O)CN(CCS(=O)(=O)O)C(=O)c1ccccc1-c1c2ccc(=NCc3ccc(S(=O)(=O)O)cc3S(=O)(=O)O)c(S(=O)(=O)O)c-2oc2c(S(=O)(=O)O)c(NCc3ccc(S(=O)(=O)O)cc3S(=O)(=O)O)ccc12. The van der Waals surface area contributed by atoms with Crippen LogP contribution in [0.1, 0.15) is 21.5 Å². The second-order valence-corrected chi connectivity index (χ2v) is 25.0. The van der Waals surface area contributed by atoms with Crippen LogP contribution in [-0.2, 0) is 88.7 Å². The van der Waals surface area contributed by atoms with Gasteiger partial charge >= 0.3 is 5.97 Å². The fourth-order valence-corrected chi connectivity index (χ4v) is 11.9. The molecule has 6 rings (SSSR count). The molecule has 0 bridgehead atoms. The molecule has 4 aromatic carbocycles. The summed E-state index contributed by atoms with van der Waals surface area (Å²) in [7, 11) is -37.2. The number of carboxylic acid groups (broad SMARTS) is 1. The molecule has 1 aliphatic heterocycles. The van der Waals surface area contributed by atoms with Crippen LogP contribution in [0.3, 0.4) is 0 Å². The Morgan fingerprint density at radius 1 is 0.589 bits per heavy atom. The summed E-state index contributed by atoms with van der Waals surface area (Å²) in [6.07, 6.45) is 0. The zero-order chi connectivity index (χ0) is 54.6. The second kappa shape index (κ2) is 19.8. The summed E-state index contributed by atoms with van der Waals surface area (Å²) in [5.74, 6) is -5.23. The van der Waals surface area contributed by atoms with Crippen molar-refractivity contribution in [3.8, 4) is 22.5 Å². The van der Waals surface area contributed by atoms with Gasteiger partial charge in [-0.25, -0.2) is 0 Å². The molecule has 0 aromatic heterocycles. The molecule has 0 atom stereocenters. The van der Waals surface area contributed by atoms with Gasteiger partial charge in [0, 0.05) is 35.2 Å². The number of hydrogen-bond donors (Lipinski definition) is 9. The minimum atomic E-state index is -5.77. The van der Waals surface area contributed by atoms with E-state index >= 15 is 0 Å². The molecule has 0 saturated carbocycles. The Balaban J connectivity index is 1.74. The van der Waals surface area contributed by atoms with E-state index in [0.29, 0.717) is 29.2 Å². The first kappa shape index (κ1) is 56.0. The first-order valence-electron chi connectivity index (χ1n) is 19.3. The minimum absolute atomic E-state index is 0.326. The maximum Gasteiger partial charge on any atom is 0.323 e. The summed E-state index contributed by atoms with van der Waals surface area (Å²) < 4.78 is 249. The van der Waals surface area contributed by atoms with Gasteiger partial charge in [0.15, 0.2) is 21.1 Å². The van der Waals surface area contributed by atoms with Crippen LogP contribution in [0.15, 0.2) is 124 Å². The summed E-state index contributed by atoms with van der Waals surface area (Å²) in [4.78, 5) is 23.6. The van der Waals surface area contributed by atoms with E-state index in [1.807, 2.05) is 0 Å². The van der Waals surface area contributed by atoms with Crippen molar-refractivity contribution in [2.45, 2.75) is 42.5 Å². The van der Waals surface area contributed by atoms with Crippen LogP contribution in [0.5, 0.6) is 0 Å². The van der Waals surface area contributed by atoms with E-state index in [2.05, 4.69) is 10.3 Å². The second-order valence-electron chi connectivity index (χ2n) is 15.1. The van der Waals surface area contributed by atoms with Crippen LogP contribution in [0.2, 0.25) is 0 Å². The van der Waals surface area contributed by atoms with Crippen molar-refractivity contribution in [2.75, 3.05) is 24.2 Å². The molecule has 73 heavy (non-hydrogen) atoms. The fraction of sp³-hybridized carbons (Fsp3) is 0.132. The van der Waals surface area contributed by atoms with Crippen molar-refractivity contribution in [1.29, 1.82) is 0 Å². The van der Waals surface area contributed by atoms with Crippen LogP contribution in [0.4, 0.5) is 5.69 Å². The first-order chi connectivity index (χ1) is 33.4. The van der Waals surface area contributed by atoms with Crippen LogP contribution in [-0.4, -0.2) is 132 Å². The molecule has 2 aliphatic rings. The number of benzene rings is 5. The van der Waals surface area contributed by atoms with Gasteiger partial charge in [0.1, 0.15) is 16.3 Å². The third-order valence-electron chi connectivity index (χ3n) is 10.2. The molecule has 28 nitrogen and oxygen atoms in total. The lowest BCUT2D eigenvalue weighted by Crippen LogP contribution is -2.39. The van der Waals surface area contributed by atoms with Gasteiger partial charge in [0.05, 0.1) is 33.1 Å². The Bertz CT molecular complexity index is 4180. The highest BCUT2D eigenvalue weighted by molar-refractivity contribution is 7.87. The fourth-order valence-electron chi connectivity index (χ4n) is 7.23. The topological polar surface area (TPSA) is 476 Å². The number of amides is 1. The van der Waals surface area contributed by atoms with Gasteiger partial charge in [-0.05, 0) is 71.3 Å². The maximum atomic E-state index is 14.3. The van der Waals surface area contributed by atoms with E-state index in [4.69, 9.17) is 4.42 Å². The van der Waals surface area contributed by atoms with Crippen molar-refractivity contribution >= 4 is 99.4 Å². The summed E-state index contributed by atoms with van der Waals surface area (Å²) in [5.41, 5.74) is -4.73. The summed E-state index contributed by atoms with van der Waals surface area (Å²) >= 11 is 0. The average Bonchev–Trinajstić information content (AvgIpc) is 3.24. The Morgan fingerprint density at radius 3 is 1.66 bits per heavy atom. The molecule has 0 unspecified atom stereocenters. The highest BCUT2D eigenvalue weighted by Gasteiger charge is 2.34. The van der Waals surface area contributed by atoms with E-state index in [1.165, 1.54) is 12.1 Å². The monoisotopic (exact) mass is 1150 g/mol. The lowest BCUT2D eigenvalue weighted by atomic mass is 9.90. The van der Waals surface area contributed by atoms with Gasteiger partial charge in [-0.3, -0.25) is 46.5 Å². The summed E-state index contributed by atoms with van der Waals surface area (Å²) in [5, 5.41) is 10.7. The largest absolute Gasteiger partial charge is 0.480 e. The number of anilines is 1. The molecule has 1 heterocycles. The van der Waals surface area contributed by atoms with E-state index in [-0.39, 0.29) is 5.56 Å². The lowest BCUT2D eigenvalue weighted by molar-refractivity contribution is -0.137. The highest BCUT2D eigenvalue weighted by Crippen LogP contribution is 2.46. The van der Waals surface area contributed by atoms with E-state index < -0.39 is 200 Å². The molecule has 0 radical (unpaired) electrons. The van der Waals surface area contributed by atoms with Gasteiger partial charge in [-0.15, -0.1) is 0 Å². The molecule has 392 valence electrons. The number of carboxylic acids is 1. The molecule has 4 aromatic rings. The molecule has 35 heteroatoms. The first-order valence-corrected chi connectivity index (χ1v) is 29.6. The van der Waals surface area contributed by atoms with Crippen LogP contribution < -0.4 is 10.7 Å². The number of hydrogen-bond acceptors (Lipinski definition) is 19. The Labute approximate surface area is 412 Å². The average molecular weight is 1160 g/mol. The zero-order valence-electron chi connectivity index (χ0n) is 35.9. The zero-order valence-corrected chi connectivity index (χ0v) is 41.6. The summed E-state index contributed by atoms with van der Waals surface area (Å²) in [6.45, 7) is -4.02. The van der Waals surface area contributed by atoms with Gasteiger partial charge in [0.2, 0.25) is 0 Å². The number of nitrogens with one attached hydrogen (secondary N) is 1. The van der Waals surface area contributed by atoms with Crippen LogP contribution >= 0.6 is 0 Å².